The number of benzene rings is 2. The van der Waals surface area contributed by atoms with Gasteiger partial charge >= 0.3 is 0 Å². The van der Waals surface area contributed by atoms with Crippen molar-refractivity contribution in [2.45, 2.75) is 25.6 Å². The van der Waals surface area contributed by atoms with Crippen LogP contribution in [0.3, 0.4) is 0 Å². The van der Waals surface area contributed by atoms with Crippen molar-refractivity contribution in [3.63, 3.8) is 0 Å². The van der Waals surface area contributed by atoms with Gasteiger partial charge in [0.2, 0.25) is 6.23 Å². The molecule has 3 aromatic rings. The molecule has 6 heteroatoms. The first-order chi connectivity index (χ1) is 13.7. The van der Waals surface area contributed by atoms with Gasteiger partial charge in [-0.3, -0.25) is 0 Å². The maximum Gasteiger partial charge on any atom is 0.214 e. The van der Waals surface area contributed by atoms with Crippen LogP contribution in [0.2, 0.25) is 0 Å². The molecule has 0 saturated heterocycles. The summed E-state index contributed by atoms with van der Waals surface area (Å²) in [5.41, 5.74) is 2.55. The number of para-hydroxylation sites is 1. The molecule has 28 heavy (non-hydrogen) atoms. The first-order valence-corrected chi connectivity index (χ1v) is 9.32. The van der Waals surface area contributed by atoms with Gasteiger partial charge in [-0.2, -0.15) is 5.10 Å². The number of hydrazone groups is 1. The highest BCUT2D eigenvalue weighted by Crippen LogP contribution is 2.50. The molecular weight excluding hydrogens is 359 g/mol. The molecule has 1 aromatic heterocycles. The molecular formula is C22H19FN2O3. The topological polar surface area (TPSA) is 47.2 Å². The first-order valence-electron chi connectivity index (χ1n) is 9.32. The molecule has 0 amide bonds. The summed E-state index contributed by atoms with van der Waals surface area (Å²) >= 11 is 0. The molecule has 0 aliphatic carbocycles. The number of nitrogens with zero attached hydrogens (tertiary/aromatic N) is 2. The molecule has 2 aliphatic heterocycles. The van der Waals surface area contributed by atoms with Gasteiger partial charge in [-0.1, -0.05) is 24.3 Å². The van der Waals surface area contributed by atoms with Crippen molar-refractivity contribution >= 4 is 5.71 Å². The van der Waals surface area contributed by atoms with Gasteiger partial charge in [0.25, 0.3) is 0 Å². The smallest absolute Gasteiger partial charge is 0.214 e. The summed E-state index contributed by atoms with van der Waals surface area (Å²) in [5, 5.41) is 6.68. The van der Waals surface area contributed by atoms with Crippen molar-refractivity contribution < 1.29 is 18.3 Å². The molecule has 2 aromatic carbocycles. The summed E-state index contributed by atoms with van der Waals surface area (Å²) in [6.45, 7) is 2.47. The van der Waals surface area contributed by atoms with Crippen LogP contribution in [-0.4, -0.2) is 17.3 Å². The van der Waals surface area contributed by atoms with Crippen molar-refractivity contribution in [3.8, 4) is 11.5 Å². The van der Waals surface area contributed by atoms with Crippen LogP contribution in [0.1, 0.15) is 42.5 Å². The van der Waals surface area contributed by atoms with Crippen LogP contribution in [0, 0.1) is 5.82 Å². The number of halogens is 1. The fourth-order valence-corrected chi connectivity index (χ4v) is 3.82. The molecule has 0 radical (unpaired) electrons. The zero-order chi connectivity index (χ0) is 19.1. The summed E-state index contributed by atoms with van der Waals surface area (Å²) in [4.78, 5) is 0. The molecule has 142 valence electrons. The standard InChI is InChI=1S/C22H19FN2O3/c1-2-26-20-9-4-8-16-18-13-17(19-10-5-11-27-19)24-25(18)22(28-21(16)20)14-6-3-7-15(23)12-14/h3-12,18,22H,2,13H2,1H3/t18-,22-/m1/s1. The van der Waals surface area contributed by atoms with Gasteiger partial charge in [0.1, 0.15) is 17.3 Å². The van der Waals surface area contributed by atoms with Crippen molar-refractivity contribution in [2.24, 2.45) is 5.10 Å². The van der Waals surface area contributed by atoms with Crippen LogP contribution < -0.4 is 9.47 Å². The van der Waals surface area contributed by atoms with Gasteiger partial charge in [-0.15, -0.1) is 0 Å². The zero-order valence-corrected chi connectivity index (χ0v) is 15.3. The Hall–Kier alpha value is -3.28. The van der Waals surface area contributed by atoms with Gasteiger partial charge in [-0.05, 0) is 37.3 Å². The highest BCUT2D eigenvalue weighted by Gasteiger charge is 2.42. The van der Waals surface area contributed by atoms with E-state index in [-0.39, 0.29) is 11.9 Å². The number of hydrogen-bond acceptors (Lipinski definition) is 5. The van der Waals surface area contributed by atoms with Crippen LogP contribution in [0.4, 0.5) is 4.39 Å². The summed E-state index contributed by atoms with van der Waals surface area (Å²) in [6, 6.07) is 16.0. The molecule has 0 saturated carbocycles. The second-order valence-electron chi connectivity index (χ2n) is 6.76. The maximum absolute atomic E-state index is 13.9. The fourth-order valence-electron chi connectivity index (χ4n) is 3.82. The van der Waals surface area contributed by atoms with Crippen LogP contribution in [-0.2, 0) is 0 Å². The molecule has 5 nitrogen and oxygen atoms in total. The number of fused-ring (bicyclic) bond motifs is 3. The molecule has 2 atom stereocenters. The van der Waals surface area contributed by atoms with E-state index < -0.39 is 6.23 Å². The summed E-state index contributed by atoms with van der Waals surface area (Å²) < 4.78 is 31.6. The Morgan fingerprint density at radius 3 is 2.86 bits per heavy atom. The lowest BCUT2D eigenvalue weighted by Crippen LogP contribution is -2.34. The Balaban J connectivity index is 1.63. The Bertz CT molecular complexity index is 1030. The lowest BCUT2D eigenvalue weighted by atomic mass is 9.97. The molecule has 0 bridgehead atoms. The maximum atomic E-state index is 13.9. The second-order valence-corrected chi connectivity index (χ2v) is 6.76. The van der Waals surface area contributed by atoms with E-state index in [4.69, 9.17) is 19.0 Å². The minimum atomic E-state index is -0.553. The summed E-state index contributed by atoms with van der Waals surface area (Å²) in [6.07, 6.45) is 1.75. The van der Waals surface area contributed by atoms with Crippen LogP contribution in [0.5, 0.6) is 11.5 Å². The third kappa shape index (κ3) is 2.72. The Labute approximate surface area is 162 Å². The van der Waals surface area contributed by atoms with E-state index in [1.807, 2.05) is 48.3 Å². The number of ether oxygens (including phenoxy) is 2. The van der Waals surface area contributed by atoms with Gasteiger partial charge in [0.15, 0.2) is 11.5 Å². The summed E-state index contributed by atoms with van der Waals surface area (Å²) in [7, 11) is 0. The third-order valence-electron chi connectivity index (χ3n) is 5.02. The molecule has 0 spiro atoms. The third-order valence-corrected chi connectivity index (χ3v) is 5.02. The quantitative estimate of drug-likeness (QED) is 0.637. The first kappa shape index (κ1) is 16.9. The Morgan fingerprint density at radius 1 is 1.18 bits per heavy atom. The largest absolute Gasteiger partial charge is 0.490 e. The molecule has 5 rings (SSSR count). The monoisotopic (exact) mass is 378 g/mol. The van der Waals surface area contributed by atoms with E-state index in [0.717, 1.165) is 17.0 Å². The highest BCUT2D eigenvalue weighted by atomic mass is 19.1. The van der Waals surface area contributed by atoms with Crippen molar-refractivity contribution in [1.82, 2.24) is 5.01 Å². The van der Waals surface area contributed by atoms with Crippen molar-refractivity contribution in [2.75, 3.05) is 6.61 Å². The average Bonchev–Trinajstić information content (AvgIpc) is 3.38. The second kappa shape index (κ2) is 6.71. The molecule has 0 N–H and O–H groups in total. The predicted octanol–water partition coefficient (Wildman–Crippen LogP) is 5.06. The minimum absolute atomic E-state index is 0.0440. The Morgan fingerprint density at radius 2 is 2.07 bits per heavy atom. The fraction of sp³-hybridized carbons (Fsp3) is 0.227. The Kier molecular flexibility index (Phi) is 4.04. The van der Waals surface area contributed by atoms with Crippen LogP contribution in [0.15, 0.2) is 70.4 Å². The molecule has 0 fully saturated rings. The van der Waals surface area contributed by atoms with E-state index >= 15 is 0 Å². The highest BCUT2D eigenvalue weighted by molar-refractivity contribution is 5.99. The summed E-state index contributed by atoms with van der Waals surface area (Å²) in [5.74, 6) is 1.80. The lowest BCUT2D eigenvalue weighted by molar-refractivity contribution is -0.0214. The van der Waals surface area contributed by atoms with Crippen LogP contribution in [0.25, 0.3) is 0 Å². The van der Waals surface area contributed by atoms with E-state index in [9.17, 15) is 4.39 Å². The molecule has 0 unspecified atom stereocenters. The van der Waals surface area contributed by atoms with E-state index in [2.05, 4.69) is 0 Å². The van der Waals surface area contributed by atoms with Crippen LogP contribution >= 0.6 is 0 Å². The minimum Gasteiger partial charge on any atom is -0.490 e. The normalized spacial score (nSPS) is 20.2. The molecule has 2 aliphatic rings. The lowest BCUT2D eigenvalue weighted by Gasteiger charge is -2.38. The van der Waals surface area contributed by atoms with E-state index in [1.54, 1.807) is 12.3 Å². The molecule has 3 heterocycles. The van der Waals surface area contributed by atoms with Gasteiger partial charge in [0, 0.05) is 17.5 Å². The number of furan rings is 1. The number of hydrogen-bond donors (Lipinski definition) is 0. The van der Waals surface area contributed by atoms with Gasteiger partial charge in [-0.25, -0.2) is 9.40 Å². The van der Waals surface area contributed by atoms with E-state index in [0.29, 0.717) is 30.1 Å². The SMILES string of the molecule is CCOc1cccc2c1O[C@H](c1cccc(F)c1)N1N=C(c3ccco3)C[C@H]21. The van der Waals surface area contributed by atoms with E-state index in [1.165, 1.54) is 12.1 Å². The zero-order valence-electron chi connectivity index (χ0n) is 15.3. The van der Waals surface area contributed by atoms with Crippen molar-refractivity contribution in [3.05, 3.63) is 83.6 Å². The van der Waals surface area contributed by atoms with Gasteiger partial charge in [0.05, 0.1) is 18.9 Å². The number of rotatable bonds is 4. The average molecular weight is 378 g/mol. The van der Waals surface area contributed by atoms with Gasteiger partial charge < -0.3 is 13.9 Å². The van der Waals surface area contributed by atoms with Crippen molar-refractivity contribution in [1.29, 1.82) is 0 Å². The predicted molar refractivity (Wildman–Crippen MR) is 102 cm³/mol.